The van der Waals surface area contributed by atoms with Crippen LogP contribution in [0.4, 0.5) is 0 Å². The summed E-state index contributed by atoms with van der Waals surface area (Å²) in [5.74, 6) is 0. The highest BCUT2D eigenvalue weighted by Crippen LogP contribution is 2.16. The average molecular weight is 142 g/mol. The fourth-order valence-electron chi connectivity index (χ4n) is 1.62. The predicted molar refractivity (Wildman–Crippen MR) is 43.9 cm³/mol. The van der Waals surface area contributed by atoms with E-state index in [0.29, 0.717) is 6.04 Å². The molecule has 0 saturated carbocycles. The lowest BCUT2D eigenvalue weighted by Crippen LogP contribution is -2.41. The van der Waals surface area contributed by atoms with E-state index in [1.165, 1.54) is 12.8 Å². The zero-order valence-electron chi connectivity index (χ0n) is 6.98. The first-order valence-electron chi connectivity index (χ1n) is 4.11. The van der Waals surface area contributed by atoms with Gasteiger partial charge in [-0.25, -0.2) is 0 Å². The Kier molecular flexibility index (Phi) is 2.32. The van der Waals surface area contributed by atoms with E-state index < -0.39 is 0 Å². The Labute approximate surface area is 63.2 Å². The van der Waals surface area contributed by atoms with Gasteiger partial charge < -0.3 is 11.1 Å². The summed E-state index contributed by atoms with van der Waals surface area (Å²) in [5.41, 5.74) is 6.13. The minimum atomic E-state index is 0.260. The molecule has 1 unspecified atom stereocenters. The summed E-state index contributed by atoms with van der Waals surface area (Å²) in [7, 11) is 0. The maximum atomic E-state index is 5.87. The molecule has 0 radical (unpaired) electrons. The van der Waals surface area contributed by atoms with Crippen LogP contribution < -0.4 is 11.1 Å². The second kappa shape index (κ2) is 2.89. The lowest BCUT2D eigenvalue weighted by Gasteiger charge is -2.25. The first kappa shape index (κ1) is 8.02. The van der Waals surface area contributed by atoms with E-state index in [1.54, 1.807) is 0 Å². The number of hydrogen-bond donors (Lipinski definition) is 2. The van der Waals surface area contributed by atoms with Gasteiger partial charge in [-0.1, -0.05) is 0 Å². The molecule has 1 atom stereocenters. The molecule has 10 heavy (non-hydrogen) atoms. The van der Waals surface area contributed by atoms with Crippen molar-refractivity contribution in [3.63, 3.8) is 0 Å². The Morgan fingerprint density at radius 2 is 2.20 bits per heavy atom. The Hall–Kier alpha value is -0.0800. The standard InChI is InChI=1S/C8H18N2/c1-8(2)6-7(9)4-3-5-10-8/h7,10H,3-6,9H2,1-2H3. The second-order valence-electron chi connectivity index (χ2n) is 3.92. The third-order valence-electron chi connectivity index (χ3n) is 2.13. The molecule has 2 heteroatoms. The Morgan fingerprint density at radius 3 is 2.90 bits per heavy atom. The highest BCUT2D eigenvalue weighted by Gasteiger charge is 2.22. The molecule has 60 valence electrons. The van der Waals surface area contributed by atoms with Gasteiger partial charge in [0.1, 0.15) is 0 Å². The summed E-state index contributed by atoms with van der Waals surface area (Å²) in [6.45, 7) is 5.57. The molecule has 1 aliphatic rings. The van der Waals surface area contributed by atoms with Crippen LogP contribution in [0.25, 0.3) is 0 Å². The highest BCUT2D eigenvalue weighted by atomic mass is 15.0. The molecule has 1 fully saturated rings. The van der Waals surface area contributed by atoms with Crippen molar-refractivity contribution in [3.8, 4) is 0 Å². The molecule has 0 aliphatic carbocycles. The summed E-state index contributed by atoms with van der Waals surface area (Å²) in [6, 6.07) is 0.407. The van der Waals surface area contributed by atoms with Gasteiger partial charge in [0.2, 0.25) is 0 Å². The van der Waals surface area contributed by atoms with Gasteiger partial charge in [0.15, 0.2) is 0 Å². The molecule has 0 aromatic rings. The van der Waals surface area contributed by atoms with Crippen LogP contribution in [0.2, 0.25) is 0 Å². The molecule has 0 bridgehead atoms. The number of nitrogens with two attached hydrogens (primary N) is 1. The predicted octanol–water partition coefficient (Wildman–Crippen LogP) is 0.866. The van der Waals surface area contributed by atoms with Gasteiger partial charge in [-0.3, -0.25) is 0 Å². The van der Waals surface area contributed by atoms with Crippen molar-refractivity contribution in [3.05, 3.63) is 0 Å². The monoisotopic (exact) mass is 142 g/mol. The second-order valence-corrected chi connectivity index (χ2v) is 3.92. The van der Waals surface area contributed by atoms with Crippen LogP contribution in [0.3, 0.4) is 0 Å². The van der Waals surface area contributed by atoms with Crippen LogP contribution in [0.5, 0.6) is 0 Å². The molecule has 1 saturated heterocycles. The largest absolute Gasteiger partial charge is 0.328 e. The number of rotatable bonds is 0. The smallest absolute Gasteiger partial charge is 0.0139 e. The van der Waals surface area contributed by atoms with Gasteiger partial charge in [0.05, 0.1) is 0 Å². The van der Waals surface area contributed by atoms with E-state index >= 15 is 0 Å². The summed E-state index contributed by atoms with van der Waals surface area (Å²) in [5, 5.41) is 3.47. The van der Waals surface area contributed by atoms with Crippen molar-refractivity contribution in [2.45, 2.75) is 44.7 Å². The van der Waals surface area contributed by atoms with Crippen LogP contribution >= 0.6 is 0 Å². The summed E-state index contributed by atoms with van der Waals surface area (Å²) < 4.78 is 0. The maximum absolute atomic E-state index is 5.87. The third-order valence-corrected chi connectivity index (χ3v) is 2.13. The molecule has 0 spiro atoms. The minimum Gasteiger partial charge on any atom is -0.328 e. The van der Waals surface area contributed by atoms with Crippen LogP contribution in [-0.4, -0.2) is 18.1 Å². The van der Waals surface area contributed by atoms with E-state index in [9.17, 15) is 0 Å². The summed E-state index contributed by atoms with van der Waals surface area (Å²) in [6.07, 6.45) is 3.51. The first-order valence-corrected chi connectivity index (χ1v) is 4.11. The van der Waals surface area contributed by atoms with Crippen molar-refractivity contribution in [2.75, 3.05) is 6.54 Å². The van der Waals surface area contributed by atoms with Gasteiger partial charge >= 0.3 is 0 Å². The minimum absolute atomic E-state index is 0.260. The zero-order valence-corrected chi connectivity index (χ0v) is 6.98. The molecule has 0 amide bonds. The van der Waals surface area contributed by atoms with Gasteiger partial charge in [-0.2, -0.15) is 0 Å². The maximum Gasteiger partial charge on any atom is 0.0139 e. The van der Waals surface area contributed by atoms with E-state index in [4.69, 9.17) is 5.73 Å². The fourth-order valence-corrected chi connectivity index (χ4v) is 1.62. The van der Waals surface area contributed by atoms with Crippen molar-refractivity contribution in [1.29, 1.82) is 0 Å². The number of nitrogens with one attached hydrogen (secondary N) is 1. The molecule has 0 aromatic heterocycles. The summed E-state index contributed by atoms with van der Waals surface area (Å²) in [4.78, 5) is 0. The van der Waals surface area contributed by atoms with Crippen molar-refractivity contribution >= 4 is 0 Å². The molecule has 3 N–H and O–H groups in total. The first-order chi connectivity index (χ1) is 4.60. The molecule has 1 aliphatic heterocycles. The van der Waals surface area contributed by atoms with Gasteiger partial charge in [-0.15, -0.1) is 0 Å². The lowest BCUT2D eigenvalue weighted by atomic mass is 9.96. The Morgan fingerprint density at radius 1 is 1.50 bits per heavy atom. The van der Waals surface area contributed by atoms with Crippen LogP contribution in [0.15, 0.2) is 0 Å². The average Bonchev–Trinajstić information content (AvgIpc) is 1.90. The summed E-state index contributed by atoms with van der Waals surface area (Å²) >= 11 is 0. The molecule has 1 rings (SSSR count). The Bertz CT molecular complexity index is 110. The van der Waals surface area contributed by atoms with Crippen molar-refractivity contribution in [2.24, 2.45) is 5.73 Å². The zero-order chi connectivity index (χ0) is 7.61. The lowest BCUT2D eigenvalue weighted by molar-refractivity contribution is 0.365. The Balaban J connectivity index is 2.46. The highest BCUT2D eigenvalue weighted by molar-refractivity contribution is 4.85. The van der Waals surface area contributed by atoms with E-state index in [1.807, 2.05) is 0 Å². The quantitative estimate of drug-likeness (QED) is 0.526. The molecule has 0 aromatic carbocycles. The van der Waals surface area contributed by atoms with E-state index in [-0.39, 0.29) is 5.54 Å². The van der Waals surface area contributed by atoms with Crippen LogP contribution in [0.1, 0.15) is 33.1 Å². The van der Waals surface area contributed by atoms with Crippen LogP contribution in [0, 0.1) is 0 Å². The van der Waals surface area contributed by atoms with Gasteiger partial charge in [0, 0.05) is 11.6 Å². The van der Waals surface area contributed by atoms with Crippen molar-refractivity contribution in [1.82, 2.24) is 5.32 Å². The van der Waals surface area contributed by atoms with E-state index in [2.05, 4.69) is 19.2 Å². The number of hydrogen-bond acceptors (Lipinski definition) is 2. The SMILES string of the molecule is CC1(C)CC(N)CCCN1. The normalized spacial score (nSPS) is 33.3. The fraction of sp³-hybridized carbons (Fsp3) is 1.00. The molecule has 1 heterocycles. The third kappa shape index (κ3) is 2.27. The van der Waals surface area contributed by atoms with Gasteiger partial charge in [0.25, 0.3) is 0 Å². The van der Waals surface area contributed by atoms with Crippen molar-refractivity contribution < 1.29 is 0 Å². The van der Waals surface area contributed by atoms with E-state index in [0.717, 1.165) is 13.0 Å². The van der Waals surface area contributed by atoms with Crippen LogP contribution in [-0.2, 0) is 0 Å². The topological polar surface area (TPSA) is 38.0 Å². The molecule has 2 nitrogen and oxygen atoms in total. The molecular weight excluding hydrogens is 124 g/mol. The van der Waals surface area contributed by atoms with Gasteiger partial charge in [-0.05, 0) is 39.7 Å². The molecular formula is C8H18N2.